The van der Waals surface area contributed by atoms with E-state index >= 15 is 0 Å². The molecule has 1 aliphatic carbocycles. The smallest absolute Gasteiger partial charge is 0.151 e. The van der Waals surface area contributed by atoms with Crippen molar-refractivity contribution < 1.29 is 0 Å². The van der Waals surface area contributed by atoms with Crippen molar-refractivity contribution in [2.75, 3.05) is 31.1 Å². The zero-order valence-corrected chi connectivity index (χ0v) is 17.1. The van der Waals surface area contributed by atoms with Gasteiger partial charge in [0.1, 0.15) is 0 Å². The standard InChI is InChI=1S/C24H32N4/c1-19-5-7-20(8-6-19)22-9-10-23(26-25-22)28-17-13-24(14-18-28)11-15-27(16-12-24)21-3-2-4-21/h5-10,21H,2-4,11-18H2,1H3. The molecule has 0 N–H and O–H groups in total. The van der Waals surface area contributed by atoms with Crippen molar-refractivity contribution in [1.82, 2.24) is 15.1 Å². The Morgan fingerprint density at radius 3 is 2.07 bits per heavy atom. The van der Waals surface area contributed by atoms with Crippen LogP contribution in [0.2, 0.25) is 0 Å². The number of hydrogen-bond donors (Lipinski definition) is 0. The minimum Gasteiger partial charge on any atom is -0.355 e. The van der Waals surface area contributed by atoms with Crippen LogP contribution < -0.4 is 4.90 Å². The number of nitrogens with zero attached hydrogens (tertiary/aromatic N) is 4. The van der Waals surface area contributed by atoms with Gasteiger partial charge in [-0.1, -0.05) is 36.2 Å². The number of rotatable bonds is 3. The maximum absolute atomic E-state index is 4.56. The Labute approximate surface area is 169 Å². The van der Waals surface area contributed by atoms with Crippen molar-refractivity contribution in [2.24, 2.45) is 5.41 Å². The Hall–Kier alpha value is -1.94. The Morgan fingerprint density at radius 2 is 1.50 bits per heavy atom. The highest BCUT2D eigenvalue weighted by Gasteiger charge is 2.39. The summed E-state index contributed by atoms with van der Waals surface area (Å²) in [5.41, 5.74) is 3.96. The van der Waals surface area contributed by atoms with Crippen molar-refractivity contribution >= 4 is 5.82 Å². The van der Waals surface area contributed by atoms with Gasteiger partial charge in [0.05, 0.1) is 5.69 Å². The summed E-state index contributed by atoms with van der Waals surface area (Å²) in [6.07, 6.45) is 9.76. The molecule has 4 heteroatoms. The van der Waals surface area contributed by atoms with E-state index in [1.807, 2.05) is 0 Å². The summed E-state index contributed by atoms with van der Waals surface area (Å²) >= 11 is 0. The molecule has 0 bridgehead atoms. The Kier molecular flexibility index (Phi) is 4.83. The minimum absolute atomic E-state index is 0.589. The molecule has 2 aromatic rings. The third-order valence-electron chi connectivity index (χ3n) is 7.60. The highest BCUT2D eigenvalue weighted by molar-refractivity contribution is 5.60. The molecule has 1 aromatic carbocycles. The fraction of sp³-hybridized carbons (Fsp3) is 0.583. The summed E-state index contributed by atoms with van der Waals surface area (Å²) < 4.78 is 0. The second kappa shape index (κ2) is 7.47. The van der Waals surface area contributed by atoms with Gasteiger partial charge in [0.2, 0.25) is 0 Å². The lowest BCUT2D eigenvalue weighted by Gasteiger charge is -2.50. The first-order valence-corrected chi connectivity index (χ1v) is 11.1. The second-order valence-corrected chi connectivity index (χ2v) is 9.25. The van der Waals surface area contributed by atoms with E-state index in [1.54, 1.807) is 0 Å². The van der Waals surface area contributed by atoms with Gasteiger partial charge in [-0.2, -0.15) is 0 Å². The highest BCUT2D eigenvalue weighted by atomic mass is 15.3. The fourth-order valence-electron chi connectivity index (χ4n) is 5.20. The molecule has 4 nitrogen and oxygen atoms in total. The molecule has 0 unspecified atom stereocenters. The van der Waals surface area contributed by atoms with E-state index in [0.29, 0.717) is 5.41 Å². The molecule has 2 aliphatic heterocycles. The molecule has 5 rings (SSSR count). The van der Waals surface area contributed by atoms with E-state index in [0.717, 1.165) is 36.2 Å². The van der Waals surface area contributed by atoms with Gasteiger partial charge in [-0.3, -0.25) is 0 Å². The second-order valence-electron chi connectivity index (χ2n) is 9.25. The Bertz CT molecular complexity index is 776. The van der Waals surface area contributed by atoms with Crippen LogP contribution in [0.5, 0.6) is 0 Å². The van der Waals surface area contributed by atoms with Gasteiger partial charge in [0.25, 0.3) is 0 Å². The van der Waals surface area contributed by atoms with Crippen LogP contribution in [-0.2, 0) is 0 Å². The number of aryl methyl sites for hydroxylation is 1. The molecule has 1 spiro atoms. The SMILES string of the molecule is Cc1ccc(-c2ccc(N3CCC4(CC3)CCN(C3CCC3)CC4)nn2)cc1. The molecule has 148 valence electrons. The minimum atomic E-state index is 0.589. The summed E-state index contributed by atoms with van der Waals surface area (Å²) in [5, 5.41) is 9.06. The third kappa shape index (κ3) is 3.55. The summed E-state index contributed by atoms with van der Waals surface area (Å²) in [4.78, 5) is 5.21. The van der Waals surface area contributed by atoms with E-state index in [-0.39, 0.29) is 0 Å². The number of aromatic nitrogens is 2. The summed E-state index contributed by atoms with van der Waals surface area (Å²) in [6, 6.07) is 13.7. The number of hydrogen-bond acceptors (Lipinski definition) is 4. The predicted octanol–water partition coefficient (Wildman–Crippen LogP) is 4.69. The van der Waals surface area contributed by atoms with Crippen molar-refractivity contribution in [3.8, 4) is 11.3 Å². The first-order chi connectivity index (χ1) is 13.7. The lowest BCUT2D eigenvalue weighted by Crippen LogP contribution is -2.51. The predicted molar refractivity (Wildman–Crippen MR) is 115 cm³/mol. The van der Waals surface area contributed by atoms with Gasteiger partial charge in [0.15, 0.2) is 5.82 Å². The molecule has 0 amide bonds. The topological polar surface area (TPSA) is 32.3 Å². The van der Waals surface area contributed by atoms with E-state index in [4.69, 9.17) is 0 Å². The van der Waals surface area contributed by atoms with Crippen molar-refractivity contribution in [2.45, 2.75) is 57.9 Å². The van der Waals surface area contributed by atoms with Crippen molar-refractivity contribution in [3.63, 3.8) is 0 Å². The first kappa shape index (κ1) is 18.1. The van der Waals surface area contributed by atoms with Gasteiger partial charge < -0.3 is 9.80 Å². The molecule has 1 aromatic heterocycles. The van der Waals surface area contributed by atoms with Gasteiger partial charge in [-0.25, -0.2) is 0 Å². The Balaban J connectivity index is 1.18. The lowest BCUT2D eigenvalue weighted by molar-refractivity contribution is 0.0305. The van der Waals surface area contributed by atoms with Crippen molar-refractivity contribution in [1.29, 1.82) is 0 Å². The average molecular weight is 377 g/mol. The largest absolute Gasteiger partial charge is 0.355 e. The van der Waals surface area contributed by atoms with Crippen LogP contribution in [0.4, 0.5) is 5.82 Å². The molecule has 3 aliphatic rings. The van der Waals surface area contributed by atoms with Crippen LogP contribution in [0.1, 0.15) is 50.5 Å². The monoisotopic (exact) mass is 376 g/mol. The first-order valence-electron chi connectivity index (χ1n) is 11.1. The molecule has 3 heterocycles. The fourth-order valence-corrected chi connectivity index (χ4v) is 5.20. The van der Waals surface area contributed by atoms with Crippen LogP contribution in [0.3, 0.4) is 0 Å². The number of anilines is 1. The van der Waals surface area contributed by atoms with E-state index in [2.05, 4.69) is 63.3 Å². The lowest BCUT2D eigenvalue weighted by atomic mass is 9.70. The number of benzene rings is 1. The zero-order chi connectivity index (χ0) is 19.0. The van der Waals surface area contributed by atoms with Crippen LogP contribution in [-0.4, -0.2) is 47.3 Å². The van der Waals surface area contributed by atoms with E-state index in [1.165, 1.54) is 63.6 Å². The average Bonchev–Trinajstić information content (AvgIpc) is 2.70. The molecule has 1 saturated carbocycles. The molecule has 28 heavy (non-hydrogen) atoms. The number of piperidine rings is 2. The maximum atomic E-state index is 4.56. The van der Waals surface area contributed by atoms with Crippen LogP contribution in [0, 0.1) is 12.3 Å². The Morgan fingerprint density at radius 1 is 0.821 bits per heavy atom. The molecular weight excluding hydrogens is 344 g/mol. The molecular formula is C24H32N4. The van der Waals surface area contributed by atoms with Gasteiger partial charge in [-0.05, 0) is 76.1 Å². The molecule has 0 radical (unpaired) electrons. The van der Waals surface area contributed by atoms with Crippen LogP contribution in [0.25, 0.3) is 11.3 Å². The van der Waals surface area contributed by atoms with Gasteiger partial charge >= 0.3 is 0 Å². The van der Waals surface area contributed by atoms with E-state index < -0.39 is 0 Å². The molecule has 2 saturated heterocycles. The van der Waals surface area contributed by atoms with Gasteiger partial charge in [-0.15, -0.1) is 10.2 Å². The summed E-state index contributed by atoms with van der Waals surface area (Å²) in [7, 11) is 0. The quantitative estimate of drug-likeness (QED) is 0.778. The zero-order valence-electron chi connectivity index (χ0n) is 17.1. The normalized spacial score (nSPS) is 23.0. The third-order valence-corrected chi connectivity index (χ3v) is 7.60. The van der Waals surface area contributed by atoms with Crippen LogP contribution >= 0.6 is 0 Å². The summed E-state index contributed by atoms with van der Waals surface area (Å²) in [6.45, 7) is 7.02. The molecule has 3 fully saturated rings. The maximum Gasteiger partial charge on any atom is 0.151 e. The van der Waals surface area contributed by atoms with Crippen molar-refractivity contribution in [3.05, 3.63) is 42.0 Å². The molecule has 0 atom stereocenters. The van der Waals surface area contributed by atoms with Crippen LogP contribution in [0.15, 0.2) is 36.4 Å². The number of likely N-dealkylation sites (tertiary alicyclic amines) is 1. The summed E-state index contributed by atoms with van der Waals surface area (Å²) in [5.74, 6) is 1.04. The highest BCUT2D eigenvalue weighted by Crippen LogP contribution is 2.43. The van der Waals surface area contributed by atoms with Gasteiger partial charge in [0, 0.05) is 24.7 Å². The van der Waals surface area contributed by atoms with E-state index in [9.17, 15) is 0 Å².